The Morgan fingerprint density at radius 2 is 2.36 bits per heavy atom. The van der Waals surface area contributed by atoms with Gasteiger partial charge in [0.15, 0.2) is 0 Å². The number of nitrogens with zero attached hydrogens (tertiary/aromatic N) is 1. The van der Waals surface area contributed by atoms with Crippen LogP contribution in [-0.4, -0.2) is 21.2 Å². The Bertz CT molecular complexity index is 436. The molecule has 0 fully saturated rings. The first-order valence-electron chi connectivity index (χ1n) is 4.55. The minimum Gasteiger partial charge on any atom is -0.391 e. The predicted molar refractivity (Wildman–Crippen MR) is 54.7 cm³/mol. The van der Waals surface area contributed by atoms with E-state index in [0.717, 1.165) is 16.6 Å². The molecule has 74 valence electrons. The lowest BCUT2D eigenvalue weighted by molar-refractivity contribution is 0.164. The predicted octanol–water partition coefficient (Wildman–Crippen LogP) is 0.944. The topological polar surface area (TPSA) is 74.9 Å². The molecule has 0 aromatic carbocycles. The van der Waals surface area contributed by atoms with Crippen molar-refractivity contribution in [3.8, 4) is 0 Å². The van der Waals surface area contributed by atoms with Crippen molar-refractivity contribution in [2.24, 2.45) is 5.73 Å². The van der Waals surface area contributed by atoms with Crippen LogP contribution >= 0.6 is 0 Å². The van der Waals surface area contributed by atoms with E-state index in [1.807, 2.05) is 18.3 Å². The summed E-state index contributed by atoms with van der Waals surface area (Å²) in [5.41, 5.74) is 8.49. The number of aliphatic hydroxyl groups excluding tert-OH is 1. The normalized spacial score (nSPS) is 15.6. The minimum absolute atomic E-state index is 0.379. The Hall–Kier alpha value is -1.39. The van der Waals surface area contributed by atoms with E-state index in [9.17, 15) is 5.11 Å². The van der Waals surface area contributed by atoms with Crippen molar-refractivity contribution in [1.82, 2.24) is 9.97 Å². The number of aromatic nitrogens is 2. The molecule has 2 aromatic rings. The lowest BCUT2D eigenvalue weighted by Crippen LogP contribution is -2.23. The van der Waals surface area contributed by atoms with Crippen molar-refractivity contribution < 1.29 is 5.11 Å². The molecule has 2 rings (SSSR count). The number of rotatable bonds is 2. The number of pyridine rings is 1. The van der Waals surface area contributed by atoms with E-state index in [0.29, 0.717) is 0 Å². The highest BCUT2D eigenvalue weighted by atomic mass is 16.3. The first-order valence-corrected chi connectivity index (χ1v) is 4.55. The number of nitrogens with two attached hydrogens (primary N) is 1. The fraction of sp³-hybridized carbons (Fsp3) is 0.300. The van der Waals surface area contributed by atoms with Gasteiger partial charge in [0.1, 0.15) is 0 Å². The van der Waals surface area contributed by atoms with E-state index in [1.165, 1.54) is 0 Å². The number of hydrogen-bond donors (Lipinski definition) is 3. The quantitative estimate of drug-likeness (QED) is 0.661. The molecule has 4 heteroatoms. The lowest BCUT2D eigenvalue weighted by Gasteiger charge is -2.14. The molecular formula is C10H13N3O. The molecule has 0 radical (unpaired) electrons. The third-order valence-corrected chi connectivity index (χ3v) is 2.32. The summed E-state index contributed by atoms with van der Waals surface area (Å²) in [5.74, 6) is 0. The fourth-order valence-corrected chi connectivity index (χ4v) is 1.41. The number of nitrogens with one attached hydrogen (secondary N) is 1. The Labute approximate surface area is 81.8 Å². The molecule has 0 bridgehead atoms. The van der Waals surface area contributed by atoms with Crippen molar-refractivity contribution in [3.05, 3.63) is 30.1 Å². The van der Waals surface area contributed by atoms with Gasteiger partial charge in [-0.15, -0.1) is 0 Å². The Morgan fingerprint density at radius 3 is 3.07 bits per heavy atom. The summed E-state index contributed by atoms with van der Waals surface area (Å²) >= 11 is 0. The van der Waals surface area contributed by atoms with Crippen molar-refractivity contribution in [1.29, 1.82) is 0 Å². The van der Waals surface area contributed by atoms with Gasteiger partial charge < -0.3 is 15.8 Å². The number of H-pyrrole nitrogens is 1. The van der Waals surface area contributed by atoms with Gasteiger partial charge in [0.05, 0.1) is 23.2 Å². The first kappa shape index (κ1) is 9.18. The molecule has 0 aliphatic heterocycles. The van der Waals surface area contributed by atoms with Crippen molar-refractivity contribution >= 4 is 11.0 Å². The highest BCUT2D eigenvalue weighted by Gasteiger charge is 2.12. The summed E-state index contributed by atoms with van der Waals surface area (Å²) in [4.78, 5) is 7.28. The minimum atomic E-state index is -0.566. The summed E-state index contributed by atoms with van der Waals surface area (Å²) in [7, 11) is 0. The monoisotopic (exact) mass is 191 g/mol. The average molecular weight is 191 g/mol. The van der Waals surface area contributed by atoms with Crippen LogP contribution in [0.1, 0.15) is 18.5 Å². The molecule has 14 heavy (non-hydrogen) atoms. The van der Waals surface area contributed by atoms with Crippen LogP contribution in [0.2, 0.25) is 0 Å². The van der Waals surface area contributed by atoms with Gasteiger partial charge in [-0.2, -0.15) is 0 Å². The molecule has 0 amide bonds. The van der Waals surface area contributed by atoms with Crippen LogP contribution in [0.5, 0.6) is 0 Å². The Balaban J connectivity index is 2.43. The number of aromatic amines is 1. The summed E-state index contributed by atoms with van der Waals surface area (Å²) < 4.78 is 0. The van der Waals surface area contributed by atoms with Crippen LogP contribution in [0.3, 0.4) is 0 Å². The van der Waals surface area contributed by atoms with Crippen LogP contribution in [-0.2, 0) is 0 Å². The number of hydrogen-bond acceptors (Lipinski definition) is 3. The number of aliphatic hydroxyl groups is 1. The molecule has 2 aromatic heterocycles. The summed E-state index contributed by atoms with van der Waals surface area (Å²) in [6.07, 6.45) is 2.97. The molecule has 0 aliphatic carbocycles. The Kier molecular flexibility index (Phi) is 2.23. The van der Waals surface area contributed by atoms with E-state index < -0.39 is 6.10 Å². The SMILES string of the molecule is C[C@@H](O)[C@@H](N)c1cnc2cc[nH]c2c1. The van der Waals surface area contributed by atoms with Gasteiger partial charge in [-0.1, -0.05) is 0 Å². The summed E-state index contributed by atoms with van der Waals surface area (Å²) in [5, 5.41) is 9.33. The smallest absolute Gasteiger partial charge is 0.0878 e. The van der Waals surface area contributed by atoms with Crippen molar-refractivity contribution in [2.75, 3.05) is 0 Å². The number of fused-ring (bicyclic) bond motifs is 1. The molecule has 0 unspecified atom stereocenters. The molecule has 4 N–H and O–H groups in total. The zero-order valence-electron chi connectivity index (χ0n) is 7.94. The molecule has 0 spiro atoms. The van der Waals surface area contributed by atoms with Crippen LogP contribution in [0, 0.1) is 0 Å². The van der Waals surface area contributed by atoms with Gasteiger partial charge in [0, 0.05) is 12.4 Å². The van der Waals surface area contributed by atoms with E-state index in [4.69, 9.17) is 5.73 Å². The molecule has 0 aliphatic rings. The molecule has 2 atom stereocenters. The molecular weight excluding hydrogens is 178 g/mol. The third kappa shape index (κ3) is 1.49. The zero-order valence-corrected chi connectivity index (χ0v) is 7.94. The third-order valence-electron chi connectivity index (χ3n) is 2.32. The van der Waals surface area contributed by atoms with Gasteiger partial charge in [-0.25, -0.2) is 0 Å². The maximum Gasteiger partial charge on any atom is 0.0878 e. The maximum absolute atomic E-state index is 9.33. The fourth-order valence-electron chi connectivity index (χ4n) is 1.41. The molecule has 2 heterocycles. The summed E-state index contributed by atoms with van der Waals surface area (Å²) in [6, 6.07) is 3.43. The maximum atomic E-state index is 9.33. The van der Waals surface area contributed by atoms with Gasteiger partial charge in [-0.3, -0.25) is 4.98 Å². The van der Waals surface area contributed by atoms with Crippen LogP contribution in [0.15, 0.2) is 24.5 Å². The van der Waals surface area contributed by atoms with E-state index in [1.54, 1.807) is 13.1 Å². The van der Waals surface area contributed by atoms with E-state index in [-0.39, 0.29) is 6.04 Å². The standard InChI is InChI=1S/C10H13N3O/c1-6(14)10(11)7-4-9-8(13-5-7)2-3-12-9/h2-6,10,12,14H,11H2,1H3/t6-,10-/m1/s1. The van der Waals surface area contributed by atoms with Crippen molar-refractivity contribution in [2.45, 2.75) is 19.1 Å². The van der Waals surface area contributed by atoms with Crippen LogP contribution < -0.4 is 5.73 Å². The second kappa shape index (κ2) is 3.40. The molecule has 0 saturated carbocycles. The van der Waals surface area contributed by atoms with Gasteiger partial charge in [0.25, 0.3) is 0 Å². The van der Waals surface area contributed by atoms with E-state index in [2.05, 4.69) is 9.97 Å². The first-order chi connectivity index (χ1) is 6.68. The van der Waals surface area contributed by atoms with Crippen molar-refractivity contribution in [3.63, 3.8) is 0 Å². The van der Waals surface area contributed by atoms with Gasteiger partial charge >= 0.3 is 0 Å². The summed E-state index contributed by atoms with van der Waals surface area (Å²) in [6.45, 7) is 1.67. The zero-order chi connectivity index (χ0) is 10.1. The molecule has 4 nitrogen and oxygen atoms in total. The average Bonchev–Trinajstić information content (AvgIpc) is 2.62. The second-order valence-corrected chi connectivity index (χ2v) is 3.45. The largest absolute Gasteiger partial charge is 0.391 e. The second-order valence-electron chi connectivity index (χ2n) is 3.45. The Morgan fingerprint density at radius 1 is 1.57 bits per heavy atom. The highest BCUT2D eigenvalue weighted by Crippen LogP contribution is 2.17. The highest BCUT2D eigenvalue weighted by molar-refractivity contribution is 5.75. The lowest BCUT2D eigenvalue weighted by atomic mass is 10.1. The van der Waals surface area contributed by atoms with Gasteiger partial charge in [-0.05, 0) is 24.6 Å². The van der Waals surface area contributed by atoms with E-state index >= 15 is 0 Å². The van der Waals surface area contributed by atoms with Gasteiger partial charge in [0.2, 0.25) is 0 Å². The van der Waals surface area contributed by atoms with Crippen LogP contribution in [0.25, 0.3) is 11.0 Å². The molecule has 0 saturated heterocycles. The van der Waals surface area contributed by atoms with Crippen LogP contribution in [0.4, 0.5) is 0 Å².